The first-order valence-electron chi connectivity index (χ1n) is 6.72. The first-order chi connectivity index (χ1) is 8.69. The van der Waals surface area contributed by atoms with Crippen LogP contribution in [0.3, 0.4) is 0 Å². The van der Waals surface area contributed by atoms with Crippen molar-refractivity contribution in [3.8, 4) is 0 Å². The lowest BCUT2D eigenvalue weighted by molar-refractivity contribution is -0.135. The zero-order valence-electron chi connectivity index (χ0n) is 11.3. The maximum atomic E-state index is 11.0. The van der Waals surface area contributed by atoms with Crippen LogP contribution in [0.4, 0.5) is 5.69 Å². The highest BCUT2D eigenvalue weighted by Crippen LogP contribution is 2.21. The molecule has 0 heterocycles. The van der Waals surface area contributed by atoms with Crippen molar-refractivity contribution in [2.24, 2.45) is 0 Å². The number of hydrogen-bond acceptors (Lipinski definition) is 2. The third kappa shape index (κ3) is 4.40. The van der Waals surface area contributed by atoms with E-state index in [1.807, 2.05) is 35.2 Å². The van der Waals surface area contributed by atoms with Crippen LogP contribution in [-0.4, -0.2) is 23.7 Å². The van der Waals surface area contributed by atoms with Crippen molar-refractivity contribution in [2.45, 2.75) is 45.6 Å². The average Bonchev–Trinajstić information content (AvgIpc) is 2.39. The third-order valence-corrected chi connectivity index (χ3v) is 3.20. The zero-order valence-corrected chi connectivity index (χ0v) is 11.3. The fourth-order valence-corrected chi connectivity index (χ4v) is 2.22. The summed E-state index contributed by atoms with van der Waals surface area (Å²) >= 11 is 0. The second kappa shape index (κ2) is 7.75. The van der Waals surface area contributed by atoms with Gasteiger partial charge in [0.25, 0.3) is 0 Å². The van der Waals surface area contributed by atoms with Gasteiger partial charge in [-0.15, -0.1) is 0 Å². The number of carboxylic acid groups (broad SMARTS) is 1. The number of carboxylic acids is 1. The Labute approximate surface area is 109 Å². The van der Waals surface area contributed by atoms with Crippen molar-refractivity contribution in [1.29, 1.82) is 0 Å². The summed E-state index contributed by atoms with van der Waals surface area (Å²) in [4.78, 5) is 13.0. The molecule has 100 valence electrons. The summed E-state index contributed by atoms with van der Waals surface area (Å²) in [5.41, 5.74) is 1.00. The van der Waals surface area contributed by atoms with E-state index in [0.717, 1.165) is 31.4 Å². The Morgan fingerprint density at radius 2 is 1.94 bits per heavy atom. The number of carbonyl (C=O) groups is 1. The van der Waals surface area contributed by atoms with Gasteiger partial charge in [0.15, 0.2) is 0 Å². The Balaban J connectivity index is 2.85. The van der Waals surface area contributed by atoms with Crippen LogP contribution < -0.4 is 4.90 Å². The van der Waals surface area contributed by atoms with Crippen molar-refractivity contribution in [3.05, 3.63) is 30.3 Å². The number of nitrogens with zero attached hydrogens (tertiary/aromatic N) is 1. The van der Waals surface area contributed by atoms with Crippen LogP contribution >= 0.6 is 0 Å². The van der Waals surface area contributed by atoms with Crippen LogP contribution in [0.2, 0.25) is 0 Å². The highest BCUT2D eigenvalue weighted by Gasteiger charge is 2.19. The van der Waals surface area contributed by atoms with E-state index in [4.69, 9.17) is 5.11 Å². The van der Waals surface area contributed by atoms with Gasteiger partial charge in [-0.05, 0) is 25.0 Å². The number of hydrogen-bond donors (Lipinski definition) is 1. The molecule has 1 atom stereocenters. The molecule has 1 N–H and O–H groups in total. The van der Waals surface area contributed by atoms with E-state index >= 15 is 0 Å². The number of rotatable bonds is 8. The molecule has 1 unspecified atom stereocenters. The minimum Gasteiger partial charge on any atom is -0.480 e. The smallest absolute Gasteiger partial charge is 0.323 e. The molecule has 0 radical (unpaired) electrons. The third-order valence-electron chi connectivity index (χ3n) is 3.20. The van der Waals surface area contributed by atoms with Gasteiger partial charge in [0.1, 0.15) is 6.54 Å². The Morgan fingerprint density at radius 3 is 2.44 bits per heavy atom. The second-order valence-corrected chi connectivity index (χ2v) is 4.56. The number of unbranched alkanes of at least 4 members (excludes halogenated alkanes) is 1. The lowest BCUT2D eigenvalue weighted by atomic mass is 10.0. The Bertz CT molecular complexity index is 351. The van der Waals surface area contributed by atoms with E-state index in [-0.39, 0.29) is 6.54 Å². The van der Waals surface area contributed by atoms with E-state index in [2.05, 4.69) is 13.8 Å². The highest BCUT2D eigenvalue weighted by molar-refractivity contribution is 5.74. The van der Waals surface area contributed by atoms with Crippen LogP contribution in [-0.2, 0) is 4.79 Å². The van der Waals surface area contributed by atoms with Gasteiger partial charge in [-0.1, -0.05) is 44.9 Å². The molecule has 3 heteroatoms. The maximum absolute atomic E-state index is 11.0. The molecule has 1 rings (SSSR count). The number of para-hydroxylation sites is 1. The monoisotopic (exact) mass is 249 g/mol. The molecule has 0 fully saturated rings. The lowest BCUT2D eigenvalue weighted by Crippen LogP contribution is -2.39. The summed E-state index contributed by atoms with van der Waals surface area (Å²) in [6.07, 6.45) is 4.31. The number of anilines is 1. The van der Waals surface area contributed by atoms with Gasteiger partial charge < -0.3 is 10.0 Å². The minimum atomic E-state index is -0.770. The first-order valence-corrected chi connectivity index (χ1v) is 6.72. The largest absolute Gasteiger partial charge is 0.480 e. The van der Waals surface area contributed by atoms with Gasteiger partial charge in [-0.2, -0.15) is 0 Å². The van der Waals surface area contributed by atoms with E-state index in [9.17, 15) is 4.79 Å². The molecular formula is C15H23NO2. The molecule has 1 aromatic rings. The van der Waals surface area contributed by atoms with Crippen LogP contribution in [0.25, 0.3) is 0 Å². The minimum absolute atomic E-state index is 0.0756. The van der Waals surface area contributed by atoms with Gasteiger partial charge >= 0.3 is 5.97 Å². The molecule has 0 saturated carbocycles. The van der Waals surface area contributed by atoms with Crippen LogP contribution in [0.5, 0.6) is 0 Å². The standard InChI is InChI=1S/C15H23NO2/c1-3-5-9-13(4-2)16(12-15(17)18)14-10-7-6-8-11-14/h6-8,10-11,13H,3-5,9,12H2,1-2H3,(H,17,18). The predicted octanol–water partition coefficient (Wildman–Crippen LogP) is 3.55. The topological polar surface area (TPSA) is 40.5 Å². The normalized spacial score (nSPS) is 12.1. The van der Waals surface area contributed by atoms with E-state index < -0.39 is 5.97 Å². The van der Waals surface area contributed by atoms with Crippen molar-refractivity contribution >= 4 is 11.7 Å². The average molecular weight is 249 g/mol. The number of aliphatic carboxylic acids is 1. The molecule has 0 aromatic heterocycles. The number of benzene rings is 1. The summed E-state index contributed by atoms with van der Waals surface area (Å²) in [6, 6.07) is 10.1. The summed E-state index contributed by atoms with van der Waals surface area (Å²) in [6.45, 7) is 4.36. The molecule has 0 aliphatic heterocycles. The van der Waals surface area contributed by atoms with Crippen molar-refractivity contribution in [1.82, 2.24) is 0 Å². The van der Waals surface area contributed by atoms with Crippen LogP contribution in [0, 0.1) is 0 Å². The second-order valence-electron chi connectivity index (χ2n) is 4.56. The van der Waals surface area contributed by atoms with Gasteiger partial charge in [-0.3, -0.25) is 4.79 Å². The van der Waals surface area contributed by atoms with Crippen molar-refractivity contribution < 1.29 is 9.90 Å². The molecule has 3 nitrogen and oxygen atoms in total. The zero-order chi connectivity index (χ0) is 13.4. The lowest BCUT2D eigenvalue weighted by Gasteiger charge is -2.32. The Morgan fingerprint density at radius 1 is 1.28 bits per heavy atom. The maximum Gasteiger partial charge on any atom is 0.323 e. The highest BCUT2D eigenvalue weighted by atomic mass is 16.4. The summed E-state index contributed by atoms with van der Waals surface area (Å²) in [5.74, 6) is -0.770. The van der Waals surface area contributed by atoms with Crippen molar-refractivity contribution in [2.75, 3.05) is 11.4 Å². The predicted molar refractivity (Wildman–Crippen MR) is 75.0 cm³/mol. The van der Waals surface area contributed by atoms with Gasteiger partial charge in [0, 0.05) is 11.7 Å². The van der Waals surface area contributed by atoms with Gasteiger partial charge in [-0.25, -0.2) is 0 Å². The van der Waals surface area contributed by atoms with Crippen LogP contribution in [0.15, 0.2) is 30.3 Å². The van der Waals surface area contributed by atoms with Gasteiger partial charge in [0.2, 0.25) is 0 Å². The van der Waals surface area contributed by atoms with E-state index in [1.165, 1.54) is 0 Å². The van der Waals surface area contributed by atoms with Gasteiger partial charge in [0.05, 0.1) is 0 Å². The molecule has 0 saturated heterocycles. The summed E-state index contributed by atoms with van der Waals surface area (Å²) < 4.78 is 0. The molecule has 0 spiro atoms. The fraction of sp³-hybridized carbons (Fsp3) is 0.533. The molecular weight excluding hydrogens is 226 g/mol. The molecule has 0 amide bonds. The molecule has 1 aromatic carbocycles. The molecule has 18 heavy (non-hydrogen) atoms. The van der Waals surface area contributed by atoms with Crippen LogP contribution in [0.1, 0.15) is 39.5 Å². The quantitative estimate of drug-likeness (QED) is 0.766. The fourth-order valence-electron chi connectivity index (χ4n) is 2.22. The summed E-state index contributed by atoms with van der Waals surface area (Å²) in [5, 5.41) is 9.07. The SMILES string of the molecule is CCCCC(CC)N(CC(=O)O)c1ccccc1. The van der Waals surface area contributed by atoms with Crippen molar-refractivity contribution in [3.63, 3.8) is 0 Å². The molecule has 0 aliphatic carbocycles. The Hall–Kier alpha value is -1.51. The van der Waals surface area contributed by atoms with E-state index in [0.29, 0.717) is 6.04 Å². The van der Waals surface area contributed by atoms with E-state index in [1.54, 1.807) is 0 Å². The molecule has 0 aliphatic rings. The summed E-state index contributed by atoms with van der Waals surface area (Å²) in [7, 11) is 0. The Kier molecular flexibility index (Phi) is 6.26. The first kappa shape index (κ1) is 14.6. The molecule has 0 bridgehead atoms.